The van der Waals surface area contributed by atoms with E-state index in [9.17, 15) is 9.59 Å². The highest BCUT2D eigenvalue weighted by Crippen LogP contribution is 2.13. The summed E-state index contributed by atoms with van der Waals surface area (Å²) in [5.41, 5.74) is 0.481. The van der Waals surface area contributed by atoms with Crippen LogP contribution in [-0.4, -0.2) is 23.0 Å². The number of aromatic nitrogens is 2. The molecule has 3 aromatic rings. The number of rotatable bonds is 4. The highest BCUT2D eigenvalue weighted by atomic mass is 16.5. The number of nitrogens with one attached hydrogen (secondary N) is 1. The van der Waals surface area contributed by atoms with E-state index in [1.165, 1.54) is 19.2 Å². The number of methoxy groups -OCH3 is 1. The Morgan fingerprint density at radius 3 is 2.70 bits per heavy atom. The lowest BCUT2D eigenvalue weighted by molar-refractivity contribution is 0.0601. The summed E-state index contributed by atoms with van der Waals surface area (Å²) in [6.45, 7) is 0.123. The number of aromatic amines is 1. The summed E-state index contributed by atoms with van der Waals surface area (Å²) in [6.07, 6.45) is 0. The second kappa shape index (κ2) is 6.31. The van der Waals surface area contributed by atoms with Gasteiger partial charge in [0.1, 0.15) is 18.2 Å². The molecule has 3 rings (SSSR count). The maximum Gasteiger partial charge on any atom is 0.337 e. The Labute approximate surface area is 131 Å². The van der Waals surface area contributed by atoms with Crippen molar-refractivity contribution in [2.45, 2.75) is 6.61 Å². The van der Waals surface area contributed by atoms with Gasteiger partial charge in [-0.1, -0.05) is 18.2 Å². The Kier molecular flexibility index (Phi) is 4.05. The third-order valence-electron chi connectivity index (χ3n) is 3.30. The standard InChI is InChI=1S/C17H14N2O4/c1-22-17(21)11-7-8-13-14(9-11)18-15(19-16(13)20)10-23-12-5-3-2-4-6-12/h2-9H,10H2,1H3,(H,18,19,20). The topological polar surface area (TPSA) is 81.3 Å². The van der Waals surface area contributed by atoms with E-state index in [1.807, 2.05) is 30.3 Å². The van der Waals surface area contributed by atoms with Gasteiger partial charge < -0.3 is 14.5 Å². The van der Waals surface area contributed by atoms with Crippen molar-refractivity contribution in [1.82, 2.24) is 9.97 Å². The molecule has 23 heavy (non-hydrogen) atoms. The first-order valence-corrected chi connectivity index (χ1v) is 6.96. The van der Waals surface area contributed by atoms with Crippen molar-refractivity contribution in [2.24, 2.45) is 0 Å². The smallest absolute Gasteiger partial charge is 0.337 e. The summed E-state index contributed by atoms with van der Waals surface area (Å²) in [7, 11) is 1.30. The minimum atomic E-state index is -0.476. The van der Waals surface area contributed by atoms with Crippen LogP contribution in [0.5, 0.6) is 5.75 Å². The number of carbonyl (C=O) groups excluding carboxylic acids is 1. The van der Waals surface area contributed by atoms with Gasteiger partial charge in [0, 0.05) is 0 Å². The molecule has 1 N–H and O–H groups in total. The molecule has 0 amide bonds. The molecule has 0 aliphatic rings. The van der Waals surface area contributed by atoms with Crippen LogP contribution in [0.25, 0.3) is 10.9 Å². The molecule has 0 radical (unpaired) electrons. The van der Waals surface area contributed by atoms with E-state index in [2.05, 4.69) is 14.7 Å². The summed E-state index contributed by atoms with van der Waals surface area (Å²) in [4.78, 5) is 30.7. The van der Waals surface area contributed by atoms with E-state index in [4.69, 9.17) is 4.74 Å². The van der Waals surface area contributed by atoms with Crippen molar-refractivity contribution in [3.63, 3.8) is 0 Å². The molecule has 1 heterocycles. The third kappa shape index (κ3) is 3.21. The Bertz CT molecular complexity index is 903. The quantitative estimate of drug-likeness (QED) is 0.748. The molecule has 0 spiro atoms. The van der Waals surface area contributed by atoms with Gasteiger partial charge >= 0.3 is 5.97 Å². The van der Waals surface area contributed by atoms with Gasteiger partial charge in [-0.05, 0) is 30.3 Å². The van der Waals surface area contributed by atoms with E-state index < -0.39 is 5.97 Å². The van der Waals surface area contributed by atoms with Crippen molar-refractivity contribution in [2.75, 3.05) is 7.11 Å². The minimum Gasteiger partial charge on any atom is -0.486 e. The number of hydrogen-bond acceptors (Lipinski definition) is 5. The van der Waals surface area contributed by atoms with Crippen LogP contribution in [0.2, 0.25) is 0 Å². The van der Waals surface area contributed by atoms with Crippen molar-refractivity contribution in [3.05, 3.63) is 70.3 Å². The molecular formula is C17H14N2O4. The molecule has 0 aliphatic carbocycles. The van der Waals surface area contributed by atoms with Crippen LogP contribution in [0, 0.1) is 0 Å². The van der Waals surface area contributed by atoms with Crippen molar-refractivity contribution in [1.29, 1.82) is 0 Å². The van der Waals surface area contributed by atoms with Crippen LogP contribution < -0.4 is 10.3 Å². The van der Waals surface area contributed by atoms with Crippen LogP contribution in [0.15, 0.2) is 53.3 Å². The number of benzene rings is 2. The summed E-state index contributed by atoms with van der Waals surface area (Å²) in [5.74, 6) is 0.586. The predicted molar refractivity (Wildman–Crippen MR) is 84.5 cm³/mol. The van der Waals surface area contributed by atoms with Crippen molar-refractivity contribution < 1.29 is 14.3 Å². The number of carbonyl (C=O) groups is 1. The van der Waals surface area contributed by atoms with E-state index >= 15 is 0 Å². The first-order valence-electron chi connectivity index (χ1n) is 6.96. The van der Waals surface area contributed by atoms with Gasteiger partial charge in [-0.2, -0.15) is 0 Å². The monoisotopic (exact) mass is 310 g/mol. The van der Waals surface area contributed by atoms with Gasteiger partial charge in [-0.25, -0.2) is 9.78 Å². The lowest BCUT2D eigenvalue weighted by Gasteiger charge is -2.07. The zero-order valence-corrected chi connectivity index (χ0v) is 12.4. The number of para-hydroxylation sites is 1. The molecule has 116 valence electrons. The first kappa shape index (κ1) is 14.8. The normalized spacial score (nSPS) is 10.5. The molecule has 2 aromatic carbocycles. The number of H-pyrrole nitrogens is 1. The zero-order chi connectivity index (χ0) is 16.2. The number of nitrogens with zero attached hydrogens (tertiary/aromatic N) is 1. The van der Waals surface area contributed by atoms with Gasteiger partial charge in [0.15, 0.2) is 0 Å². The fourth-order valence-corrected chi connectivity index (χ4v) is 2.17. The van der Waals surface area contributed by atoms with Gasteiger partial charge in [-0.15, -0.1) is 0 Å². The molecular weight excluding hydrogens is 296 g/mol. The maximum absolute atomic E-state index is 12.1. The summed E-state index contributed by atoms with van der Waals surface area (Å²) in [6, 6.07) is 13.8. The summed E-state index contributed by atoms with van der Waals surface area (Å²) >= 11 is 0. The number of fused-ring (bicyclic) bond motifs is 1. The number of ether oxygens (including phenoxy) is 2. The van der Waals surface area contributed by atoms with Crippen molar-refractivity contribution in [3.8, 4) is 5.75 Å². The van der Waals surface area contributed by atoms with E-state index in [0.717, 1.165) is 0 Å². The van der Waals surface area contributed by atoms with Crippen LogP contribution in [0.4, 0.5) is 0 Å². The molecule has 6 heteroatoms. The van der Waals surface area contributed by atoms with Gasteiger partial charge in [-0.3, -0.25) is 4.79 Å². The van der Waals surface area contributed by atoms with Gasteiger partial charge in [0.05, 0.1) is 23.6 Å². The summed E-state index contributed by atoms with van der Waals surface area (Å²) in [5, 5.41) is 0.404. The first-order chi connectivity index (χ1) is 11.2. The van der Waals surface area contributed by atoms with Crippen LogP contribution in [-0.2, 0) is 11.3 Å². The molecule has 0 atom stereocenters. The maximum atomic E-state index is 12.1. The molecule has 6 nitrogen and oxygen atoms in total. The van der Waals surface area contributed by atoms with Crippen LogP contribution in [0.3, 0.4) is 0 Å². The Morgan fingerprint density at radius 2 is 1.96 bits per heavy atom. The molecule has 0 fully saturated rings. The molecule has 0 aliphatic heterocycles. The average molecular weight is 310 g/mol. The van der Waals surface area contributed by atoms with Crippen LogP contribution in [0.1, 0.15) is 16.2 Å². The van der Waals surface area contributed by atoms with E-state index in [0.29, 0.717) is 28.0 Å². The highest BCUT2D eigenvalue weighted by molar-refractivity contribution is 5.93. The molecule has 0 saturated carbocycles. The van der Waals surface area contributed by atoms with Gasteiger partial charge in [0.2, 0.25) is 0 Å². The highest BCUT2D eigenvalue weighted by Gasteiger charge is 2.10. The summed E-state index contributed by atoms with van der Waals surface area (Å²) < 4.78 is 10.2. The Morgan fingerprint density at radius 1 is 1.17 bits per heavy atom. The fourth-order valence-electron chi connectivity index (χ4n) is 2.17. The minimum absolute atomic E-state index is 0.123. The average Bonchev–Trinajstić information content (AvgIpc) is 2.59. The van der Waals surface area contributed by atoms with E-state index in [-0.39, 0.29) is 12.2 Å². The third-order valence-corrected chi connectivity index (χ3v) is 3.30. The predicted octanol–water partition coefficient (Wildman–Crippen LogP) is 2.29. The Balaban J connectivity index is 1.92. The number of esters is 1. The fraction of sp³-hybridized carbons (Fsp3) is 0.118. The van der Waals surface area contributed by atoms with Crippen LogP contribution >= 0.6 is 0 Å². The molecule has 0 bridgehead atoms. The van der Waals surface area contributed by atoms with E-state index in [1.54, 1.807) is 6.07 Å². The largest absolute Gasteiger partial charge is 0.486 e. The zero-order valence-electron chi connectivity index (χ0n) is 12.4. The molecule has 1 aromatic heterocycles. The lowest BCUT2D eigenvalue weighted by Crippen LogP contribution is -2.14. The van der Waals surface area contributed by atoms with Crippen molar-refractivity contribution >= 4 is 16.9 Å². The second-order valence-corrected chi connectivity index (χ2v) is 4.84. The molecule has 0 saturated heterocycles. The second-order valence-electron chi connectivity index (χ2n) is 4.84. The Hall–Kier alpha value is -3.15. The number of hydrogen-bond donors (Lipinski definition) is 1. The van der Waals surface area contributed by atoms with Gasteiger partial charge in [0.25, 0.3) is 5.56 Å². The lowest BCUT2D eigenvalue weighted by atomic mass is 10.1. The molecule has 0 unspecified atom stereocenters. The SMILES string of the molecule is COC(=O)c1ccc2c(=O)[nH]c(COc3ccccc3)nc2c1.